The van der Waals surface area contributed by atoms with E-state index < -0.39 is 0 Å². The average Bonchev–Trinajstić information content (AvgIpc) is 2.21. The summed E-state index contributed by atoms with van der Waals surface area (Å²) in [6, 6.07) is 0. The summed E-state index contributed by atoms with van der Waals surface area (Å²) in [4.78, 5) is 0. The van der Waals surface area contributed by atoms with Gasteiger partial charge in [-0.3, -0.25) is 0 Å². The highest BCUT2D eigenvalue weighted by Gasteiger charge is 2.19. The van der Waals surface area contributed by atoms with Crippen LogP contribution < -0.4 is 0 Å². The first-order chi connectivity index (χ1) is 2.93. The van der Waals surface area contributed by atoms with Gasteiger partial charge in [0.15, 0.2) is 0 Å². The first-order valence-electron chi connectivity index (χ1n) is 2.55. The molecule has 0 aromatic carbocycles. The Labute approximate surface area is 43.8 Å². The molecular formula is C5H12O2. The second-order valence-electron chi connectivity index (χ2n) is 1.74. The smallest absolute Gasteiger partial charge is 0.0809 e. The maximum atomic E-state index is 4.95. The summed E-state index contributed by atoms with van der Waals surface area (Å²) >= 11 is 0. The van der Waals surface area contributed by atoms with Crippen LogP contribution in [-0.4, -0.2) is 18.2 Å². The van der Waals surface area contributed by atoms with Crippen molar-refractivity contribution in [2.75, 3.05) is 6.61 Å². The van der Waals surface area contributed by atoms with Crippen molar-refractivity contribution in [1.82, 2.24) is 0 Å². The molecule has 0 saturated carbocycles. The molecule has 44 valence electrons. The van der Waals surface area contributed by atoms with Gasteiger partial charge in [-0.05, 0) is 6.42 Å². The summed E-state index contributed by atoms with van der Waals surface area (Å²) in [7, 11) is 0. The lowest BCUT2D eigenvalue weighted by Gasteiger charge is -1.79. The zero-order valence-corrected chi connectivity index (χ0v) is 4.61. The third kappa shape index (κ3) is 2.60. The fourth-order valence-corrected chi connectivity index (χ4v) is 0.557. The third-order valence-corrected chi connectivity index (χ3v) is 1.01. The van der Waals surface area contributed by atoms with E-state index in [1.807, 2.05) is 0 Å². The highest BCUT2D eigenvalue weighted by Crippen LogP contribution is 2.14. The lowest BCUT2D eigenvalue weighted by atomic mass is 10.3. The maximum Gasteiger partial charge on any atom is 0.0809 e. The Hall–Kier alpha value is -0.0800. The summed E-state index contributed by atoms with van der Waals surface area (Å²) in [5.74, 6) is 0. The van der Waals surface area contributed by atoms with Gasteiger partial charge in [0, 0.05) is 0 Å². The molecule has 2 heteroatoms. The van der Waals surface area contributed by atoms with Crippen LogP contribution in [0, 0.1) is 0 Å². The summed E-state index contributed by atoms with van der Waals surface area (Å²) in [5, 5.41) is 0. The minimum absolute atomic E-state index is 0. The van der Waals surface area contributed by atoms with E-state index in [4.69, 9.17) is 4.74 Å². The molecule has 0 bridgehead atoms. The Morgan fingerprint density at radius 1 is 1.71 bits per heavy atom. The molecule has 1 atom stereocenters. The lowest BCUT2D eigenvalue weighted by Crippen LogP contribution is -1.78. The molecule has 0 radical (unpaired) electrons. The second-order valence-corrected chi connectivity index (χ2v) is 1.74. The molecule has 1 saturated heterocycles. The van der Waals surface area contributed by atoms with Crippen LogP contribution in [-0.2, 0) is 4.74 Å². The Balaban J connectivity index is 0.000000360. The molecule has 7 heavy (non-hydrogen) atoms. The minimum Gasteiger partial charge on any atom is -0.412 e. The number of ether oxygens (including phenoxy) is 1. The van der Waals surface area contributed by atoms with Gasteiger partial charge in [-0.1, -0.05) is 13.3 Å². The van der Waals surface area contributed by atoms with Gasteiger partial charge in [0.1, 0.15) is 0 Å². The Kier molecular flexibility index (Phi) is 2.96. The normalized spacial score (nSPS) is 26.1. The number of hydrogen-bond donors (Lipinski definition) is 0. The summed E-state index contributed by atoms with van der Waals surface area (Å²) in [6.07, 6.45) is 3.18. The minimum atomic E-state index is 0. The zero-order valence-electron chi connectivity index (χ0n) is 4.61. The van der Waals surface area contributed by atoms with Gasteiger partial charge in [0.25, 0.3) is 0 Å². The van der Waals surface area contributed by atoms with Crippen LogP contribution in [0.3, 0.4) is 0 Å². The van der Waals surface area contributed by atoms with Crippen LogP contribution in [0.25, 0.3) is 0 Å². The van der Waals surface area contributed by atoms with Crippen molar-refractivity contribution in [2.24, 2.45) is 0 Å². The van der Waals surface area contributed by atoms with Crippen molar-refractivity contribution in [3.05, 3.63) is 0 Å². The fraction of sp³-hybridized carbons (Fsp3) is 1.00. The van der Waals surface area contributed by atoms with Crippen molar-refractivity contribution in [3.63, 3.8) is 0 Å². The predicted molar refractivity (Wildman–Crippen MR) is 28.3 cm³/mol. The molecule has 1 fully saturated rings. The van der Waals surface area contributed by atoms with Crippen LogP contribution in [0.5, 0.6) is 0 Å². The topological polar surface area (TPSA) is 44.0 Å². The molecule has 0 amide bonds. The van der Waals surface area contributed by atoms with Gasteiger partial charge >= 0.3 is 0 Å². The van der Waals surface area contributed by atoms with Crippen molar-refractivity contribution in [2.45, 2.75) is 25.9 Å². The number of hydrogen-bond acceptors (Lipinski definition) is 1. The van der Waals surface area contributed by atoms with Crippen LogP contribution >= 0.6 is 0 Å². The molecule has 1 heterocycles. The van der Waals surface area contributed by atoms with E-state index >= 15 is 0 Å². The molecule has 0 aromatic rings. The molecule has 1 aliphatic heterocycles. The quantitative estimate of drug-likeness (QED) is 0.466. The van der Waals surface area contributed by atoms with Crippen LogP contribution in [0.4, 0.5) is 0 Å². The SMILES string of the molecule is CCCC1CO1.O. The maximum absolute atomic E-state index is 4.95. The van der Waals surface area contributed by atoms with Crippen molar-refractivity contribution in [3.8, 4) is 0 Å². The van der Waals surface area contributed by atoms with Crippen molar-refractivity contribution < 1.29 is 10.2 Å². The fourth-order valence-electron chi connectivity index (χ4n) is 0.557. The molecule has 1 aliphatic rings. The van der Waals surface area contributed by atoms with E-state index in [9.17, 15) is 0 Å². The molecule has 2 N–H and O–H groups in total. The van der Waals surface area contributed by atoms with E-state index in [2.05, 4.69) is 6.92 Å². The van der Waals surface area contributed by atoms with Gasteiger partial charge in [-0.2, -0.15) is 0 Å². The molecular weight excluding hydrogens is 92.1 g/mol. The van der Waals surface area contributed by atoms with E-state index in [-0.39, 0.29) is 5.48 Å². The lowest BCUT2D eigenvalue weighted by molar-refractivity contribution is 0.395. The van der Waals surface area contributed by atoms with E-state index in [0.29, 0.717) is 6.10 Å². The van der Waals surface area contributed by atoms with Crippen molar-refractivity contribution in [1.29, 1.82) is 0 Å². The van der Waals surface area contributed by atoms with Crippen molar-refractivity contribution >= 4 is 0 Å². The van der Waals surface area contributed by atoms with Crippen LogP contribution in [0.2, 0.25) is 0 Å². The molecule has 0 aromatic heterocycles. The van der Waals surface area contributed by atoms with Gasteiger partial charge in [-0.15, -0.1) is 0 Å². The Bertz CT molecular complexity index is 41.3. The van der Waals surface area contributed by atoms with E-state index in [1.165, 1.54) is 12.8 Å². The summed E-state index contributed by atoms with van der Waals surface area (Å²) < 4.78 is 4.95. The monoisotopic (exact) mass is 104 g/mol. The van der Waals surface area contributed by atoms with E-state index in [1.54, 1.807) is 0 Å². The van der Waals surface area contributed by atoms with Gasteiger partial charge in [0.2, 0.25) is 0 Å². The number of rotatable bonds is 2. The first kappa shape index (κ1) is 6.92. The first-order valence-corrected chi connectivity index (χ1v) is 2.55. The molecule has 1 rings (SSSR count). The predicted octanol–water partition coefficient (Wildman–Crippen LogP) is 0.361. The summed E-state index contributed by atoms with van der Waals surface area (Å²) in [5.41, 5.74) is 0. The Morgan fingerprint density at radius 2 is 2.29 bits per heavy atom. The highest BCUT2D eigenvalue weighted by molar-refractivity contribution is 4.66. The van der Waals surface area contributed by atoms with Gasteiger partial charge in [-0.25, -0.2) is 0 Å². The molecule has 2 nitrogen and oxygen atoms in total. The molecule has 0 aliphatic carbocycles. The van der Waals surface area contributed by atoms with Crippen LogP contribution in [0.1, 0.15) is 19.8 Å². The second kappa shape index (κ2) is 2.99. The van der Waals surface area contributed by atoms with Crippen LogP contribution in [0.15, 0.2) is 0 Å². The zero-order chi connectivity index (χ0) is 4.41. The Morgan fingerprint density at radius 3 is 2.43 bits per heavy atom. The number of epoxide rings is 1. The third-order valence-electron chi connectivity index (χ3n) is 1.01. The molecule has 0 spiro atoms. The standard InChI is InChI=1S/C5H10O.H2O/c1-2-3-5-4-6-5;/h5H,2-4H2,1H3;1H2. The van der Waals surface area contributed by atoms with E-state index in [0.717, 1.165) is 6.61 Å². The highest BCUT2D eigenvalue weighted by atomic mass is 16.6. The van der Waals surface area contributed by atoms with Gasteiger partial charge < -0.3 is 10.2 Å². The van der Waals surface area contributed by atoms with Gasteiger partial charge in [0.05, 0.1) is 12.7 Å². The molecule has 1 unspecified atom stereocenters. The average molecular weight is 104 g/mol. The largest absolute Gasteiger partial charge is 0.412 e. The summed E-state index contributed by atoms with van der Waals surface area (Å²) in [6.45, 7) is 3.20.